The van der Waals surface area contributed by atoms with Crippen LogP contribution in [-0.4, -0.2) is 18.4 Å². The van der Waals surface area contributed by atoms with Gasteiger partial charge in [-0.15, -0.1) is 0 Å². The molecule has 4 nitrogen and oxygen atoms in total. The molecule has 0 aliphatic heterocycles. The van der Waals surface area contributed by atoms with Crippen LogP contribution in [0.4, 0.5) is 4.39 Å². The lowest BCUT2D eigenvalue weighted by atomic mass is 9.69. The van der Waals surface area contributed by atoms with Crippen LogP contribution in [0.2, 0.25) is 0 Å². The summed E-state index contributed by atoms with van der Waals surface area (Å²) in [4.78, 5) is 0. The van der Waals surface area contributed by atoms with Gasteiger partial charge in [0.2, 0.25) is 0 Å². The van der Waals surface area contributed by atoms with Crippen LogP contribution in [0.1, 0.15) is 42.4 Å². The van der Waals surface area contributed by atoms with E-state index in [0.29, 0.717) is 19.3 Å². The van der Waals surface area contributed by atoms with Crippen molar-refractivity contribution in [2.45, 2.75) is 43.6 Å². The fourth-order valence-electron chi connectivity index (χ4n) is 3.74. The fourth-order valence-corrected chi connectivity index (χ4v) is 3.74. The van der Waals surface area contributed by atoms with Crippen LogP contribution in [0, 0.1) is 17.1 Å². The maximum atomic E-state index is 13.2. The Balaban J connectivity index is 1.91. The lowest BCUT2D eigenvalue weighted by Crippen LogP contribution is -2.38. The van der Waals surface area contributed by atoms with Gasteiger partial charge in [0.25, 0.3) is 0 Å². The first-order valence-corrected chi connectivity index (χ1v) is 8.83. The molecule has 1 aliphatic carbocycles. The number of methoxy groups -OCH3 is 1. The van der Waals surface area contributed by atoms with Gasteiger partial charge in [-0.05, 0) is 60.6 Å². The van der Waals surface area contributed by atoms with Gasteiger partial charge in [0.05, 0.1) is 18.6 Å². The molecule has 0 heterocycles. The van der Waals surface area contributed by atoms with Crippen molar-refractivity contribution in [2.75, 3.05) is 7.11 Å². The van der Waals surface area contributed by atoms with Crippen LogP contribution in [-0.2, 0) is 11.8 Å². The Morgan fingerprint density at radius 1 is 1.23 bits per heavy atom. The zero-order chi connectivity index (χ0) is 18.6. The molecule has 2 aromatic carbocycles. The molecule has 1 saturated carbocycles. The van der Waals surface area contributed by atoms with E-state index < -0.39 is 5.41 Å². The zero-order valence-electron chi connectivity index (χ0n) is 14.8. The van der Waals surface area contributed by atoms with Gasteiger partial charge in [-0.2, -0.15) is 5.26 Å². The van der Waals surface area contributed by atoms with Crippen LogP contribution >= 0.6 is 0 Å². The van der Waals surface area contributed by atoms with Crippen molar-refractivity contribution in [3.63, 3.8) is 0 Å². The van der Waals surface area contributed by atoms with E-state index in [1.165, 1.54) is 12.1 Å². The standard InChI is InChI=1S/C21H23FN2O2/c1-26-20-7-4-17(21(14-23)10-8-19(24-25)9-11-21)13-16(20)12-15-2-5-18(22)6-3-15/h2-7,13,19,24-25H,8-12H2,1H3/t19-,21+. The molecule has 3 rings (SSSR count). The molecule has 0 spiro atoms. The number of nitriles is 1. The number of nitrogens with zero attached hydrogens (tertiary/aromatic N) is 1. The Kier molecular flexibility index (Phi) is 5.55. The number of hydrogen-bond donors (Lipinski definition) is 2. The third kappa shape index (κ3) is 3.72. The van der Waals surface area contributed by atoms with Crippen molar-refractivity contribution >= 4 is 0 Å². The Hall–Kier alpha value is -2.42. The van der Waals surface area contributed by atoms with Crippen molar-refractivity contribution in [1.29, 1.82) is 5.26 Å². The summed E-state index contributed by atoms with van der Waals surface area (Å²) < 4.78 is 18.6. The molecule has 0 unspecified atom stereocenters. The van der Waals surface area contributed by atoms with E-state index in [0.717, 1.165) is 35.3 Å². The topological polar surface area (TPSA) is 65.3 Å². The van der Waals surface area contributed by atoms with Crippen molar-refractivity contribution < 1.29 is 14.3 Å². The number of ether oxygens (including phenoxy) is 1. The maximum absolute atomic E-state index is 13.2. The molecule has 1 fully saturated rings. The second-order valence-corrected chi connectivity index (χ2v) is 6.93. The summed E-state index contributed by atoms with van der Waals surface area (Å²) in [6.45, 7) is 0. The Labute approximate surface area is 153 Å². The van der Waals surface area contributed by atoms with E-state index in [1.807, 2.05) is 18.2 Å². The molecule has 0 aromatic heterocycles. The van der Waals surface area contributed by atoms with E-state index in [9.17, 15) is 9.65 Å². The van der Waals surface area contributed by atoms with E-state index >= 15 is 0 Å². The molecule has 0 atom stereocenters. The first-order valence-electron chi connectivity index (χ1n) is 8.83. The van der Waals surface area contributed by atoms with Gasteiger partial charge >= 0.3 is 0 Å². The van der Waals surface area contributed by atoms with E-state index in [2.05, 4.69) is 11.5 Å². The number of nitrogens with one attached hydrogen (secondary N) is 1. The van der Waals surface area contributed by atoms with Crippen LogP contribution < -0.4 is 10.2 Å². The third-order valence-electron chi connectivity index (χ3n) is 5.38. The van der Waals surface area contributed by atoms with Crippen molar-refractivity contribution in [1.82, 2.24) is 5.48 Å². The first-order chi connectivity index (χ1) is 12.6. The zero-order valence-corrected chi connectivity index (χ0v) is 14.8. The molecule has 26 heavy (non-hydrogen) atoms. The Bertz CT molecular complexity index is 791. The quantitative estimate of drug-likeness (QED) is 0.793. The van der Waals surface area contributed by atoms with Crippen molar-refractivity contribution in [2.24, 2.45) is 0 Å². The van der Waals surface area contributed by atoms with Gasteiger partial charge in [-0.3, -0.25) is 0 Å². The van der Waals surface area contributed by atoms with Gasteiger partial charge < -0.3 is 9.94 Å². The number of halogens is 1. The molecular weight excluding hydrogens is 331 g/mol. The van der Waals surface area contributed by atoms with Gasteiger partial charge in [-0.1, -0.05) is 24.3 Å². The molecule has 0 bridgehead atoms. The van der Waals surface area contributed by atoms with Gasteiger partial charge in [0.15, 0.2) is 0 Å². The predicted molar refractivity (Wildman–Crippen MR) is 96.7 cm³/mol. The number of benzene rings is 2. The highest BCUT2D eigenvalue weighted by Crippen LogP contribution is 2.40. The van der Waals surface area contributed by atoms with Crippen molar-refractivity contribution in [3.8, 4) is 11.8 Å². The molecule has 2 aromatic rings. The maximum Gasteiger partial charge on any atom is 0.123 e. The average molecular weight is 354 g/mol. The smallest absolute Gasteiger partial charge is 0.123 e. The predicted octanol–water partition coefficient (Wildman–Crippen LogP) is 4.11. The Morgan fingerprint density at radius 2 is 1.92 bits per heavy atom. The average Bonchev–Trinajstić information content (AvgIpc) is 2.69. The summed E-state index contributed by atoms with van der Waals surface area (Å²) in [5, 5.41) is 19.0. The minimum Gasteiger partial charge on any atom is -0.496 e. The summed E-state index contributed by atoms with van der Waals surface area (Å²) in [5.74, 6) is 0.504. The largest absolute Gasteiger partial charge is 0.496 e. The van der Waals surface area contributed by atoms with Gasteiger partial charge in [0.1, 0.15) is 11.6 Å². The van der Waals surface area contributed by atoms with E-state index in [1.54, 1.807) is 19.2 Å². The highest BCUT2D eigenvalue weighted by molar-refractivity contribution is 5.45. The van der Waals surface area contributed by atoms with Crippen LogP contribution in [0.15, 0.2) is 42.5 Å². The Morgan fingerprint density at radius 3 is 2.50 bits per heavy atom. The fraction of sp³-hybridized carbons (Fsp3) is 0.381. The summed E-state index contributed by atoms with van der Waals surface area (Å²) in [6.07, 6.45) is 3.51. The summed E-state index contributed by atoms with van der Waals surface area (Å²) in [5.41, 5.74) is 4.73. The van der Waals surface area contributed by atoms with Crippen LogP contribution in [0.3, 0.4) is 0 Å². The molecule has 2 N–H and O–H groups in total. The second-order valence-electron chi connectivity index (χ2n) is 6.93. The normalized spacial score (nSPS) is 22.6. The molecule has 136 valence electrons. The third-order valence-corrected chi connectivity index (χ3v) is 5.38. The SMILES string of the molecule is COc1ccc([C@]2(C#N)CC[C@H](NO)CC2)cc1Cc1ccc(F)cc1. The molecule has 0 amide bonds. The summed E-state index contributed by atoms with van der Waals surface area (Å²) in [6, 6.07) is 14.9. The van der Waals surface area contributed by atoms with Crippen LogP contribution in [0.5, 0.6) is 5.75 Å². The lowest BCUT2D eigenvalue weighted by Gasteiger charge is -2.35. The van der Waals surface area contributed by atoms with Gasteiger partial charge in [0, 0.05) is 12.5 Å². The first kappa shape index (κ1) is 18.4. The second kappa shape index (κ2) is 7.86. The number of rotatable bonds is 5. The summed E-state index contributed by atoms with van der Waals surface area (Å²) >= 11 is 0. The van der Waals surface area contributed by atoms with E-state index in [-0.39, 0.29) is 11.9 Å². The van der Waals surface area contributed by atoms with Crippen molar-refractivity contribution in [3.05, 3.63) is 65.0 Å². The van der Waals surface area contributed by atoms with Gasteiger partial charge in [-0.25, -0.2) is 9.87 Å². The molecular formula is C21H23FN2O2. The summed E-state index contributed by atoms with van der Waals surface area (Å²) in [7, 11) is 1.63. The minimum atomic E-state index is -0.544. The highest BCUT2D eigenvalue weighted by atomic mass is 19.1. The minimum absolute atomic E-state index is 0.0495. The van der Waals surface area contributed by atoms with Crippen LogP contribution in [0.25, 0.3) is 0 Å². The number of hydroxylamine groups is 1. The van der Waals surface area contributed by atoms with E-state index in [4.69, 9.17) is 9.94 Å². The highest BCUT2D eigenvalue weighted by Gasteiger charge is 2.37. The molecule has 0 saturated heterocycles. The lowest BCUT2D eigenvalue weighted by molar-refractivity contribution is 0.0974. The molecule has 5 heteroatoms. The molecule has 0 radical (unpaired) electrons. The number of hydrogen-bond acceptors (Lipinski definition) is 4. The monoisotopic (exact) mass is 354 g/mol. The molecule has 1 aliphatic rings.